The molecule has 2 aromatic carbocycles. The van der Waals surface area contributed by atoms with E-state index in [4.69, 9.17) is 4.74 Å². The fourth-order valence-electron chi connectivity index (χ4n) is 4.38. The molecule has 2 atom stereocenters. The summed E-state index contributed by atoms with van der Waals surface area (Å²) in [5.74, 6) is 0.606. The number of ether oxygens (including phenoxy) is 1. The molecule has 2 aliphatic rings. The van der Waals surface area contributed by atoms with Gasteiger partial charge < -0.3 is 15.0 Å². The molecule has 2 amide bonds. The lowest BCUT2D eigenvalue weighted by atomic mass is 9.79. The topological polar surface area (TPSA) is 58.6 Å². The van der Waals surface area contributed by atoms with Crippen molar-refractivity contribution in [1.29, 1.82) is 0 Å². The number of hydrogen-bond donors (Lipinski definition) is 1. The molecule has 26 heavy (non-hydrogen) atoms. The first-order chi connectivity index (χ1) is 12.7. The first-order valence-corrected chi connectivity index (χ1v) is 8.92. The summed E-state index contributed by atoms with van der Waals surface area (Å²) in [6.45, 7) is 0.955. The number of likely N-dealkylation sites (tertiary alicyclic amines) is 1. The van der Waals surface area contributed by atoms with Crippen LogP contribution in [0.25, 0.3) is 0 Å². The Kier molecular flexibility index (Phi) is 4.15. The predicted molar refractivity (Wildman–Crippen MR) is 97.7 cm³/mol. The van der Waals surface area contributed by atoms with Crippen LogP contribution in [-0.2, 0) is 16.1 Å². The molecule has 0 radical (unpaired) electrons. The van der Waals surface area contributed by atoms with Crippen LogP contribution >= 0.6 is 0 Å². The summed E-state index contributed by atoms with van der Waals surface area (Å²) in [4.78, 5) is 27.5. The van der Waals surface area contributed by atoms with Crippen molar-refractivity contribution in [3.05, 3.63) is 65.7 Å². The van der Waals surface area contributed by atoms with Crippen molar-refractivity contribution in [3.8, 4) is 5.75 Å². The molecular formula is C21H22N2O3. The smallest absolute Gasteiger partial charge is 0.246 e. The highest BCUT2D eigenvalue weighted by Crippen LogP contribution is 2.47. The third-order valence-electron chi connectivity index (χ3n) is 5.64. The molecule has 0 saturated carbocycles. The molecule has 1 N–H and O–H groups in total. The van der Waals surface area contributed by atoms with E-state index in [9.17, 15) is 9.59 Å². The Balaban J connectivity index is 1.77. The van der Waals surface area contributed by atoms with Gasteiger partial charge in [0.05, 0.1) is 7.11 Å². The molecule has 2 aromatic rings. The van der Waals surface area contributed by atoms with Crippen LogP contribution in [0.15, 0.2) is 54.6 Å². The predicted octanol–water partition coefficient (Wildman–Crippen LogP) is 2.47. The van der Waals surface area contributed by atoms with E-state index >= 15 is 0 Å². The van der Waals surface area contributed by atoms with Gasteiger partial charge in [-0.05, 0) is 18.1 Å². The normalized spacial score (nSPS) is 25.0. The molecule has 2 fully saturated rings. The van der Waals surface area contributed by atoms with Gasteiger partial charge in [-0.25, -0.2) is 0 Å². The van der Waals surface area contributed by atoms with Crippen molar-refractivity contribution in [2.24, 2.45) is 0 Å². The minimum absolute atomic E-state index is 0.0331. The summed E-state index contributed by atoms with van der Waals surface area (Å²) in [5.41, 5.74) is 1.16. The standard InChI is InChI=1S/C21H22N2O3/c1-26-18-10-6-5-9-16(18)17-13-22-20(25)21(17)12-11-19(24)23(21)14-15-7-3-2-4-8-15/h2-10,17H,11-14H2,1H3,(H,22,25)/t17-,21+/m0/s1. The van der Waals surface area contributed by atoms with Crippen LogP contribution < -0.4 is 10.1 Å². The molecule has 4 rings (SSSR count). The van der Waals surface area contributed by atoms with Crippen molar-refractivity contribution in [3.63, 3.8) is 0 Å². The minimum atomic E-state index is -0.846. The second-order valence-corrected chi connectivity index (χ2v) is 6.89. The lowest BCUT2D eigenvalue weighted by Crippen LogP contribution is -2.53. The molecule has 2 saturated heterocycles. The van der Waals surface area contributed by atoms with Crippen molar-refractivity contribution >= 4 is 11.8 Å². The molecule has 0 aliphatic carbocycles. The Hall–Kier alpha value is -2.82. The van der Waals surface area contributed by atoms with Gasteiger partial charge in [0.1, 0.15) is 11.3 Å². The molecular weight excluding hydrogens is 328 g/mol. The van der Waals surface area contributed by atoms with Gasteiger partial charge in [0, 0.05) is 31.0 Å². The Morgan fingerprint density at radius 1 is 1.12 bits per heavy atom. The van der Waals surface area contributed by atoms with Gasteiger partial charge in [-0.3, -0.25) is 9.59 Å². The first-order valence-electron chi connectivity index (χ1n) is 8.92. The number of methoxy groups -OCH3 is 1. The van der Waals surface area contributed by atoms with Crippen LogP contribution in [0.3, 0.4) is 0 Å². The van der Waals surface area contributed by atoms with Crippen LogP contribution in [-0.4, -0.2) is 35.9 Å². The second-order valence-electron chi connectivity index (χ2n) is 6.89. The molecule has 0 unspecified atom stereocenters. The summed E-state index contributed by atoms with van der Waals surface area (Å²) in [7, 11) is 1.64. The molecule has 2 heterocycles. The van der Waals surface area contributed by atoms with Crippen molar-refractivity contribution in [1.82, 2.24) is 10.2 Å². The summed E-state index contributed by atoms with van der Waals surface area (Å²) in [6.07, 6.45) is 0.930. The van der Waals surface area contributed by atoms with Gasteiger partial charge in [0.25, 0.3) is 0 Å². The first kappa shape index (κ1) is 16.6. The van der Waals surface area contributed by atoms with E-state index in [1.165, 1.54) is 0 Å². The third-order valence-corrected chi connectivity index (χ3v) is 5.64. The number of carbonyl (C=O) groups is 2. The van der Waals surface area contributed by atoms with E-state index in [-0.39, 0.29) is 17.7 Å². The zero-order chi connectivity index (χ0) is 18.1. The largest absolute Gasteiger partial charge is 0.496 e. The van der Waals surface area contributed by atoms with E-state index < -0.39 is 5.54 Å². The number of amides is 2. The summed E-state index contributed by atoms with van der Waals surface area (Å²) in [6, 6.07) is 17.6. The number of nitrogens with zero attached hydrogens (tertiary/aromatic N) is 1. The van der Waals surface area contributed by atoms with E-state index in [1.54, 1.807) is 12.0 Å². The van der Waals surface area contributed by atoms with Gasteiger partial charge in [-0.1, -0.05) is 48.5 Å². The van der Waals surface area contributed by atoms with Crippen LogP contribution in [0, 0.1) is 0 Å². The van der Waals surface area contributed by atoms with Gasteiger partial charge in [0.15, 0.2) is 0 Å². The number of hydrogen-bond acceptors (Lipinski definition) is 3. The maximum atomic E-state index is 13.0. The van der Waals surface area contributed by atoms with Crippen LogP contribution in [0.1, 0.15) is 29.9 Å². The molecule has 134 valence electrons. The van der Waals surface area contributed by atoms with Crippen LogP contribution in [0.4, 0.5) is 0 Å². The summed E-state index contributed by atoms with van der Waals surface area (Å²) in [5, 5.41) is 3.00. The SMILES string of the molecule is COc1ccccc1[C@@H]1CNC(=O)[C@@]12CCC(=O)N2Cc1ccccc1. The number of benzene rings is 2. The second kappa shape index (κ2) is 6.48. The number of nitrogens with one attached hydrogen (secondary N) is 1. The van der Waals surface area contributed by atoms with Gasteiger partial charge in [-0.15, -0.1) is 0 Å². The van der Waals surface area contributed by atoms with Crippen LogP contribution in [0.5, 0.6) is 5.75 Å². The number of rotatable bonds is 4. The Morgan fingerprint density at radius 3 is 2.62 bits per heavy atom. The summed E-state index contributed by atoms with van der Waals surface area (Å²) < 4.78 is 5.53. The minimum Gasteiger partial charge on any atom is -0.496 e. The highest BCUT2D eigenvalue weighted by Gasteiger charge is 2.59. The van der Waals surface area contributed by atoms with E-state index in [0.29, 0.717) is 25.9 Å². The number of carbonyl (C=O) groups excluding carboxylic acids is 2. The molecule has 0 aromatic heterocycles. The zero-order valence-electron chi connectivity index (χ0n) is 14.8. The number of para-hydroxylation sites is 1. The molecule has 1 spiro atoms. The van der Waals surface area contributed by atoms with E-state index in [2.05, 4.69) is 5.32 Å². The highest BCUT2D eigenvalue weighted by molar-refractivity contribution is 5.97. The van der Waals surface area contributed by atoms with Crippen molar-refractivity contribution in [2.45, 2.75) is 30.8 Å². The van der Waals surface area contributed by atoms with Gasteiger partial charge in [0.2, 0.25) is 11.8 Å². The van der Waals surface area contributed by atoms with Crippen molar-refractivity contribution in [2.75, 3.05) is 13.7 Å². The molecule has 5 heteroatoms. The summed E-state index contributed by atoms with van der Waals surface area (Å²) >= 11 is 0. The van der Waals surface area contributed by atoms with Crippen LogP contribution in [0.2, 0.25) is 0 Å². The fraction of sp³-hybridized carbons (Fsp3) is 0.333. The quantitative estimate of drug-likeness (QED) is 0.922. The maximum absolute atomic E-state index is 13.0. The molecule has 2 aliphatic heterocycles. The zero-order valence-corrected chi connectivity index (χ0v) is 14.8. The van der Waals surface area contributed by atoms with Gasteiger partial charge >= 0.3 is 0 Å². The van der Waals surface area contributed by atoms with E-state index in [1.807, 2.05) is 54.6 Å². The Labute approximate surface area is 153 Å². The lowest BCUT2D eigenvalue weighted by molar-refractivity contribution is -0.140. The van der Waals surface area contributed by atoms with Gasteiger partial charge in [-0.2, -0.15) is 0 Å². The lowest BCUT2D eigenvalue weighted by Gasteiger charge is -2.38. The average molecular weight is 350 g/mol. The maximum Gasteiger partial charge on any atom is 0.246 e. The highest BCUT2D eigenvalue weighted by atomic mass is 16.5. The monoisotopic (exact) mass is 350 g/mol. The fourth-order valence-corrected chi connectivity index (χ4v) is 4.38. The Bertz CT molecular complexity index is 836. The molecule has 5 nitrogen and oxygen atoms in total. The van der Waals surface area contributed by atoms with Crippen molar-refractivity contribution < 1.29 is 14.3 Å². The molecule has 0 bridgehead atoms. The van der Waals surface area contributed by atoms with E-state index in [0.717, 1.165) is 16.9 Å². The third kappa shape index (κ3) is 2.46. The Morgan fingerprint density at radius 2 is 1.85 bits per heavy atom. The average Bonchev–Trinajstić information content (AvgIpc) is 3.18.